The van der Waals surface area contributed by atoms with Crippen molar-refractivity contribution in [1.29, 1.82) is 0 Å². The lowest BCUT2D eigenvalue weighted by atomic mass is 9.89. The molecule has 3 atom stereocenters. The second-order valence-corrected chi connectivity index (χ2v) is 7.24. The van der Waals surface area contributed by atoms with Crippen molar-refractivity contribution in [3.05, 3.63) is 52.2 Å². The highest BCUT2D eigenvalue weighted by Gasteiger charge is 2.37. The van der Waals surface area contributed by atoms with E-state index in [0.29, 0.717) is 0 Å². The number of thiophene rings is 1. The third-order valence-electron chi connectivity index (χ3n) is 4.76. The highest BCUT2D eigenvalue weighted by molar-refractivity contribution is 7.10. The fourth-order valence-corrected chi connectivity index (χ4v) is 4.27. The summed E-state index contributed by atoms with van der Waals surface area (Å²) >= 11 is 1.63. The van der Waals surface area contributed by atoms with E-state index in [0.717, 1.165) is 35.6 Å². The van der Waals surface area contributed by atoms with E-state index >= 15 is 0 Å². The maximum absolute atomic E-state index is 13.2. The number of likely N-dealkylation sites (tertiary alicyclic amines) is 1. The van der Waals surface area contributed by atoms with E-state index in [2.05, 4.69) is 0 Å². The average molecular weight is 344 g/mol. The van der Waals surface area contributed by atoms with Gasteiger partial charge in [-0.3, -0.25) is 4.79 Å². The van der Waals surface area contributed by atoms with Crippen LogP contribution in [0.4, 0.5) is 0 Å². The molecule has 0 saturated carbocycles. The van der Waals surface area contributed by atoms with E-state index in [1.54, 1.807) is 18.4 Å². The lowest BCUT2D eigenvalue weighted by Crippen LogP contribution is -2.49. The Morgan fingerprint density at radius 1 is 1.33 bits per heavy atom. The first-order chi connectivity index (χ1) is 11.6. The molecule has 1 saturated heterocycles. The maximum Gasteiger partial charge on any atom is 0.231 e. The quantitative estimate of drug-likeness (QED) is 0.923. The molecule has 1 aromatic heterocycles. The van der Waals surface area contributed by atoms with Crippen LogP contribution in [0, 0.1) is 0 Å². The van der Waals surface area contributed by atoms with Gasteiger partial charge in [0.2, 0.25) is 5.91 Å². The Morgan fingerprint density at radius 3 is 2.83 bits per heavy atom. The highest BCUT2D eigenvalue weighted by atomic mass is 32.1. The zero-order valence-corrected chi connectivity index (χ0v) is 15.0. The molecule has 1 aliphatic rings. The number of methoxy groups -OCH3 is 1. The van der Waals surface area contributed by atoms with E-state index in [9.17, 15) is 4.79 Å². The number of carbonyl (C=O) groups is 1. The topological polar surface area (TPSA) is 55.6 Å². The van der Waals surface area contributed by atoms with E-state index in [4.69, 9.17) is 10.5 Å². The normalized spacial score (nSPS) is 22.2. The molecule has 0 unspecified atom stereocenters. The Morgan fingerprint density at radius 2 is 2.12 bits per heavy atom. The van der Waals surface area contributed by atoms with Crippen molar-refractivity contribution in [2.75, 3.05) is 13.7 Å². The molecule has 2 aromatic rings. The number of benzene rings is 1. The number of nitrogens with two attached hydrogens (primary N) is 1. The van der Waals surface area contributed by atoms with Gasteiger partial charge >= 0.3 is 0 Å². The summed E-state index contributed by atoms with van der Waals surface area (Å²) < 4.78 is 5.52. The van der Waals surface area contributed by atoms with Gasteiger partial charge in [0, 0.05) is 23.0 Å². The number of rotatable bonds is 4. The summed E-state index contributed by atoms with van der Waals surface area (Å²) in [5, 5.41) is 2.01. The van der Waals surface area contributed by atoms with Gasteiger partial charge in [0.05, 0.1) is 19.1 Å². The van der Waals surface area contributed by atoms with Crippen molar-refractivity contribution in [2.45, 2.75) is 37.8 Å². The van der Waals surface area contributed by atoms with Gasteiger partial charge in [-0.25, -0.2) is 0 Å². The van der Waals surface area contributed by atoms with Gasteiger partial charge in [-0.15, -0.1) is 11.3 Å². The zero-order valence-electron chi connectivity index (χ0n) is 14.1. The van der Waals surface area contributed by atoms with Gasteiger partial charge in [0.1, 0.15) is 5.75 Å². The molecule has 2 N–H and O–H groups in total. The summed E-state index contributed by atoms with van der Waals surface area (Å²) in [5.41, 5.74) is 7.43. The van der Waals surface area contributed by atoms with Crippen molar-refractivity contribution in [1.82, 2.24) is 4.90 Å². The minimum atomic E-state index is -0.146. The first kappa shape index (κ1) is 17.0. The molecule has 24 heavy (non-hydrogen) atoms. The van der Waals surface area contributed by atoms with Gasteiger partial charge in [-0.05, 0) is 37.3 Å². The second-order valence-electron chi connectivity index (χ2n) is 6.26. The largest absolute Gasteiger partial charge is 0.496 e. The van der Waals surface area contributed by atoms with Crippen LogP contribution in [0.15, 0.2) is 41.8 Å². The lowest BCUT2D eigenvalue weighted by molar-refractivity contribution is -0.136. The molecule has 3 rings (SSSR count). The number of hydrogen-bond donors (Lipinski definition) is 1. The molecular formula is C19H24N2O2S. The summed E-state index contributed by atoms with van der Waals surface area (Å²) in [6.45, 7) is 2.72. The fourth-order valence-electron chi connectivity index (χ4n) is 3.49. The maximum atomic E-state index is 13.2. The predicted octanol–water partition coefficient (Wildman–Crippen LogP) is 3.55. The smallest absolute Gasteiger partial charge is 0.231 e. The van der Waals surface area contributed by atoms with Crippen LogP contribution >= 0.6 is 11.3 Å². The van der Waals surface area contributed by atoms with Crippen molar-refractivity contribution >= 4 is 17.2 Å². The van der Waals surface area contributed by atoms with Gasteiger partial charge in [-0.1, -0.05) is 24.3 Å². The number of ether oxygens (including phenoxy) is 1. The first-order valence-corrected chi connectivity index (χ1v) is 9.23. The molecule has 0 aliphatic carbocycles. The van der Waals surface area contributed by atoms with Crippen LogP contribution < -0.4 is 10.5 Å². The van der Waals surface area contributed by atoms with Crippen LogP contribution in [0.2, 0.25) is 0 Å². The van der Waals surface area contributed by atoms with E-state index in [1.807, 2.05) is 53.6 Å². The molecule has 5 heteroatoms. The van der Waals surface area contributed by atoms with E-state index in [-0.39, 0.29) is 23.9 Å². The predicted molar refractivity (Wildman–Crippen MR) is 97.4 cm³/mol. The molecule has 1 amide bonds. The minimum absolute atomic E-state index is 0.0745. The number of para-hydroxylation sites is 1. The lowest BCUT2D eigenvalue weighted by Gasteiger charge is -2.41. The summed E-state index contributed by atoms with van der Waals surface area (Å²) in [6.07, 6.45) is 1.86. The molecule has 2 heterocycles. The van der Waals surface area contributed by atoms with E-state index < -0.39 is 0 Å². The number of carbonyl (C=O) groups excluding carboxylic acids is 1. The molecule has 128 valence electrons. The van der Waals surface area contributed by atoms with Gasteiger partial charge in [0.25, 0.3) is 0 Å². The summed E-state index contributed by atoms with van der Waals surface area (Å²) in [5.74, 6) is 0.789. The van der Waals surface area contributed by atoms with Gasteiger partial charge in [0.15, 0.2) is 0 Å². The zero-order chi connectivity index (χ0) is 17.1. The second kappa shape index (κ2) is 7.36. The van der Waals surface area contributed by atoms with Crippen LogP contribution in [0.5, 0.6) is 5.75 Å². The number of nitrogens with zero attached hydrogens (tertiary/aromatic N) is 1. The standard InChI is InChI=1S/C19H24N2O2S/c1-13(17-10-6-12-24-17)19(22)21-11-5-8-15(20)18(21)14-7-3-4-9-16(14)23-2/h3-4,6-7,9-10,12-13,15,18H,5,8,11,20H2,1-2H3/t13-,15-,18-/m0/s1. The monoisotopic (exact) mass is 344 g/mol. The van der Waals surface area contributed by atoms with Crippen LogP contribution in [0.3, 0.4) is 0 Å². The van der Waals surface area contributed by atoms with Crippen molar-refractivity contribution in [3.63, 3.8) is 0 Å². The van der Waals surface area contributed by atoms with Crippen LogP contribution in [-0.2, 0) is 4.79 Å². The number of amides is 1. The van der Waals surface area contributed by atoms with Crippen molar-refractivity contribution in [2.24, 2.45) is 5.73 Å². The molecule has 0 spiro atoms. The summed E-state index contributed by atoms with van der Waals surface area (Å²) in [4.78, 5) is 16.2. The van der Waals surface area contributed by atoms with Crippen molar-refractivity contribution in [3.8, 4) is 5.75 Å². The van der Waals surface area contributed by atoms with Gasteiger partial charge < -0.3 is 15.4 Å². The Bertz CT molecular complexity index is 686. The Kier molecular flexibility index (Phi) is 5.21. The fraction of sp³-hybridized carbons (Fsp3) is 0.421. The van der Waals surface area contributed by atoms with Gasteiger partial charge in [-0.2, -0.15) is 0 Å². The van der Waals surface area contributed by atoms with Crippen molar-refractivity contribution < 1.29 is 9.53 Å². The molecule has 1 aromatic carbocycles. The molecule has 0 radical (unpaired) electrons. The number of hydrogen-bond acceptors (Lipinski definition) is 4. The molecular weight excluding hydrogens is 320 g/mol. The molecule has 1 aliphatic heterocycles. The molecule has 0 bridgehead atoms. The highest BCUT2D eigenvalue weighted by Crippen LogP contribution is 2.37. The van der Waals surface area contributed by atoms with E-state index in [1.165, 1.54) is 0 Å². The third kappa shape index (κ3) is 3.19. The average Bonchev–Trinajstić information content (AvgIpc) is 3.15. The Balaban J connectivity index is 1.94. The minimum Gasteiger partial charge on any atom is -0.496 e. The Labute approximate surface area is 147 Å². The number of piperidine rings is 1. The SMILES string of the molecule is COc1ccccc1[C@H]1[C@@H](N)CCCN1C(=O)[C@@H](C)c1cccs1. The van der Waals surface area contributed by atoms with Crippen LogP contribution in [0.1, 0.15) is 42.2 Å². The Hall–Kier alpha value is -1.85. The molecule has 4 nitrogen and oxygen atoms in total. The van der Waals surface area contributed by atoms with Crippen LogP contribution in [-0.4, -0.2) is 30.5 Å². The molecule has 1 fully saturated rings. The first-order valence-electron chi connectivity index (χ1n) is 8.36. The van der Waals surface area contributed by atoms with Crippen LogP contribution in [0.25, 0.3) is 0 Å². The third-order valence-corrected chi connectivity index (χ3v) is 5.81. The summed E-state index contributed by atoms with van der Waals surface area (Å²) in [6, 6.07) is 11.7. The summed E-state index contributed by atoms with van der Waals surface area (Å²) in [7, 11) is 1.66.